The standard InChI is InChI=1S/C16H17N5O2S/c1-11-10-24-16(18-11)13-8-21(5-6-22-13)9-14-19-15(20-23-14)12-3-2-4-17-7-12/h2-4,7,10,13H,5-6,8-9H2,1H3/t13-/m0/s1. The third-order valence-corrected chi connectivity index (χ3v) is 4.86. The molecule has 0 bridgehead atoms. The molecule has 0 unspecified atom stereocenters. The summed E-state index contributed by atoms with van der Waals surface area (Å²) in [4.78, 5) is 15.3. The van der Waals surface area contributed by atoms with Crippen molar-refractivity contribution in [2.75, 3.05) is 19.7 Å². The largest absolute Gasteiger partial charge is 0.368 e. The van der Waals surface area contributed by atoms with E-state index in [0.717, 1.165) is 29.4 Å². The highest BCUT2D eigenvalue weighted by atomic mass is 32.1. The predicted molar refractivity (Wildman–Crippen MR) is 88.4 cm³/mol. The van der Waals surface area contributed by atoms with Gasteiger partial charge in [-0.15, -0.1) is 11.3 Å². The van der Waals surface area contributed by atoms with Gasteiger partial charge in [-0.1, -0.05) is 5.16 Å². The minimum atomic E-state index is 0.0122. The van der Waals surface area contributed by atoms with E-state index >= 15 is 0 Å². The van der Waals surface area contributed by atoms with E-state index in [-0.39, 0.29) is 6.10 Å². The van der Waals surface area contributed by atoms with Crippen molar-refractivity contribution in [3.05, 3.63) is 46.5 Å². The first kappa shape index (κ1) is 15.4. The first-order valence-electron chi connectivity index (χ1n) is 7.77. The summed E-state index contributed by atoms with van der Waals surface area (Å²) >= 11 is 1.64. The lowest BCUT2D eigenvalue weighted by molar-refractivity contribution is -0.0357. The number of aromatic nitrogens is 4. The summed E-state index contributed by atoms with van der Waals surface area (Å²) in [5, 5.41) is 7.12. The zero-order valence-electron chi connectivity index (χ0n) is 13.3. The topological polar surface area (TPSA) is 77.2 Å². The number of nitrogens with zero attached hydrogens (tertiary/aromatic N) is 5. The number of thiazole rings is 1. The van der Waals surface area contributed by atoms with E-state index in [1.54, 1.807) is 23.7 Å². The maximum Gasteiger partial charge on any atom is 0.241 e. The molecular weight excluding hydrogens is 326 g/mol. The second-order valence-corrected chi connectivity index (χ2v) is 6.56. The van der Waals surface area contributed by atoms with Gasteiger partial charge in [-0.3, -0.25) is 9.88 Å². The molecule has 24 heavy (non-hydrogen) atoms. The van der Waals surface area contributed by atoms with Crippen molar-refractivity contribution in [2.45, 2.75) is 19.6 Å². The Morgan fingerprint density at radius 3 is 3.12 bits per heavy atom. The molecule has 1 aliphatic rings. The van der Waals surface area contributed by atoms with Crippen molar-refractivity contribution in [3.8, 4) is 11.4 Å². The molecule has 0 N–H and O–H groups in total. The average molecular weight is 343 g/mol. The predicted octanol–water partition coefficient (Wildman–Crippen LogP) is 2.47. The molecule has 7 nitrogen and oxygen atoms in total. The molecule has 0 aliphatic carbocycles. The lowest BCUT2D eigenvalue weighted by Gasteiger charge is -2.30. The summed E-state index contributed by atoms with van der Waals surface area (Å²) in [5.74, 6) is 1.17. The van der Waals surface area contributed by atoms with Gasteiger partial charge in [-0.25, -0.2) is 4.98 Å². The number of hydrogen-bond acceptors (Lipinski definition) is 8. The van der Waals surface area contributed by atoms with Crippen LogP contribution in [0, 0.1) is 6.92 Å². The lowest BCUT2D eigenvalue weighted by atomic mass is 10.2. The van der Waals surface area contributed by atoms with E-state index in [9.17, 15) is 0 Å². The Kier molecular flexibility index (Phi) is 4.33. The fraction of sp³-hybridized carbons (Fsp3) is 0.375. The Balaban J connectivity index is 1.43. The van der Waals surface area contributed by atoms with Crippen LogP contribution in [0.5, 0.6) is 0 Å². The molecule has 0 radical (unpaired) electrons. The maximum absolute atomic E-state index is 5.85. The summed E-state index contributed by atoms with van der Waals surface area (Å²) in [6.45, 7) is 4.90. The van der Waals surface area contributed by atoms with Crippen molar-refractivity contribution < 1.29 is 9.26 Å². The molecule has 1 fully saturated rings. The van der Waals surface area contributed by atoms with Crippen LogP contribution >= 0.6 is 11.3 Å². The van der Waals surface area contributed by atoms with Gasteiger partial charge in [0.05, 0.1) is 13.2 Å². The molecule has 4 rings (SSSR count). The first-order chi connectivity index (χ1) is 11.8. The van der Waals surface area contributed by atoms with Crippen molar-refractivity contribution in [1.29, 1.82) is 0 Å². The second kappa shape index (κ2) is 6.76. The van der Waals surface area contributed by atoms with Gasteiger partial charge in [-0.05, 0) is 19.1 Å². The van der Waals surface area contributed by atoms with Crippen LogP contribution in [0.3, 0.4) is 0 Å². The van der Waals surface area contributed by atoms with Crippen molar-refractivity contribution in [2.24, 2.45) is 0 Å². The number of rotatable bonds is 4. The molecule has 0 aromatic carbocycles. The summed E-state index contributed by atoms with van der Waals surface area (Å²) < 4.78 is 11.2. The molecule has 124 valence electrons. The molecule has 0 saturated carbocycles. The monoisotopic (exact) mass is 343 g/mol. The van der Waals surface area contributed by atoms with Gasteiger partial charge in [0.1, 0.15) is 11.1 Å². The van der Waals surface area contributed by atoms with Gasteiger partial charge < -0.3 is 9.26 Å². The van der Waals surface area contributed by atoms with Crippen LogP contribution in [0.1, 0.15) is 22.7 Å². The number of morpholine rings is 1. The molecule has 8 heteroatoms. The van der Waals surface area contributed by atoms with Gasteiger partial charge in [0.25, 0.3) is 0 Å². The third-order valence-electron chi connectivity index (χ3n) is 3.81. The van der Waals surface area contributed by atoms with Crippen molar-refractivity contribution in [1.82, 2.24) is 25.0 Å². The fourth-order valence-corrected chi connectivity index (χ4v) is 3.47. The van der Waals surface area contributed by atoms with Crippen molar-refractivity contribution >= 4 is 11.3 Å². The number of ether oxygens (including phenoxy) is 1. The molecule has 1 aliphatic heterocycles. The molecule has 0 amide bonds. The Bertz CT molecular complexity index is 804. The van der Waals surface area contributed by atoms with E-state index in [1.807, 2.05) is 19.1 Å². The summed E-state index contributed by atoms with van der Waals surface area (Å²) in [5.41, 5.74) is 1.89. The van der Waals surface area contributed by atoms with Gasteiger partial charge in [0.2, 0.25) is 11.7 Å². The molecule has 3 aromatic rings. The van der Waals surface area contributed by atoms with E-state index in [0.29, 0.717) is 24.9 Å². The van der Waals surface area contributed by atoms with E-state index in [4.69, 9.17) is 9.26 Å². The van der Waals surface area contributed by atoms with E-state index < -0.39 is 0 Å². The summed E-state index contributed by atoms with van der Waals surface area (Å²) in [6.07, 6.45) is 3.46. The SMILES string of the molecule is Cc1csc([C@@H]2CN(Cc3nc(-c4cccnc4)no3)CCO2)n1. The van der Waals surface area contributed by atoms with Crippen LogP contribution < -0.4 is 0 Å². The minimum Gasteiger partial charge on any atom is -0.368 e. The molecule has 1 atom stereocenters. The van der Waals surface area contributed by atoms with Crippen LogP contribution in [0.2, 0.25) is 0 Å². The lowest BCUT2D eigenvalue weighted by Crippen LogP contribution is -2.37. The summed E-state index contributed by atoms with van der Waals surface area (Å²) in [6, 6.07) is 3.77. The number of aryl methyl sites for hydroxylation is 1. The normalized spacial score (nSPS) is 18.8. The van der Waals surface area contributed by atoms with Crippen LogP contribution in [-0.4, -0.2) is 44.7 Å². The average Bonchev–Trinajstić information content (AvgIpc) is 3.25. The Labute approximate surface area is 143 Å². The molecule has 1 saturated heterocycles. The Morgan fingerprint density at radius 2 is 2.33 bits per heavy atom. The smallest absolute Gasteiger partial charge is 0.241 e. The van der Waals surface area contributed by atoms with Crippen LogP contribution in [0.4, 0.5) is 0 Å². The third kappa shape index (κ3) is 3.35. The Morgan fingerprint density at radius 1 is 1.38 bits per heavy atom. The van der Waals surface area contributed by atoms with E-state index in [2.05, 4.69) is 30.4 Å². The first-order valence-corrected chi connectivity index (χ1v) is 8.65. The van der Waals surface area contributed by atoms with Gasteiger partial charge >= 0.3 is 0 Å². The minimum absolute atomic E-state index is 0.0122. The zero-order chi connectivity index (χ0) is 16.4. The highest BCUT2D eigenvalue weighted by molar-refractivity contribution is 7.09. The van der Waals surface area contributed by atoms with E-state index in [1.165, 1.54) is 0 Å². The molecular formula is C16H17N5O2S. The van der Waals surface area contributed by atoms with Crippen molar-refractivity contribution in [3.63, 3.8) is 0 Å². The summed E-state index contributed by atoms with van der Waals surface area (Å²) in [7, 11) is 0. The molecule has 3 aromatic heterocycles. The van der Waals surface area contributed by atoms with Crippen LogP contribution in [0.25, 0.3) is 11.4 Å². The van der Waals surface area contributed by atoms with Gasteiger partial charge in [-0.2, -0.15) is 4.98 Å². The highest BCUT2D eigenvalue weighted by Gasteiger charge is 2.25. The number of hydrogen-bond donors (Lipinski definition) is 0. The second-order valence-electron chi connectivity index (χ2n) is 5.68. The van der Waals surface area contributed by atoms with Crippen LogP contribution in [-0.2, 0) is 11.3 Å². The fourth-order valence-electron chi connectivity index (χ4n) is 2.64. The molecule has 0 spiro atoms. The Hall–Kier alpha value is -2.16. The highest BCUT2D eigenvalue weighted by Crippen LogP contribution is 2.26. The quantitative estimate of drug-likeness (QED) is 0.720. The van der Waals surface area contributed by atoms with Gasteiger partial charge in [0, 0.05) is 42.1 Å². The number of pyridine rings is 1. The maximum atomic E-state index is 5.85. The zero-order valence-corrected chi connectivity index (χ0v) is 14.1. The van der Waals surface area contributed by atoms with Gasteiger partial charge in [0.15, 0.2) is 0 Å². The molecule has 4 heterocycles. The van der Waals surface area contributed by atoms with Crippen LogP contribution in [0.15, 0.2) is 34.4 Å².